The summed E-state index contributed by atoms with van der Waals surface area (Å²) >= 11 is 1.65. The SMILES string of the molecule is CSCc1cccc(C(=O)Nc2ccc(OC(F)(F)F)cc2)c1. The van der Waals surface area contributed by atoms with Gasteiger partial charge in [-0.15, -0.1) is 13.2 Å². The summed E-state index contributed by atoms with van der Waals surface area (Å²) in [6.45, 7) is 0. The van der Waals surface area contributed by atoms with E-state index in [0.29, 0.717) is 11.3 Å². The van der Waals surface area contributed by atoms with Crippen LogP contribution in [0.3, 0.4) is 0 Å². The van der Waals surface area contributed by atoms with Crippen LogP contribution >= 0.6 is 11.8 Å². The van der Waals surface area contributed by atoms with E-state index in [-0.39, 0.29) is 11.7 Å². The second-order valence-electron chi connectivity index (χ2n) is 4.66. The van der Waals surface area contributed by atoms with Crippen LogP contribution in [-0.4, -0.2) is 18.5 Å². The summed E-state index contributed by atoms with van der Waals surface area (Å²) in [5.74, 6) is 0.139. The number of halogens is 3. The van der Waals surface area contributed by atoms with Gasteiger partial charge in [-0.3, -0.25) is 4.79 Å². The Balaban J connectivity index is 2.04. The van der Waals surface area contributed by atoms with E-state index in [1.165, 1.54) is 12.1 Å². The van der Waals surface area contributed by atoms with Crippen molar-refractivity contribution in [1.29, 1.82) is 0 Å². The first-order valence-corrected chi connectivity index (χ1v) is 8.02. The average Bonchev–Trinajstić information content (AvgIpc) is 2.48. The van der Waals surface area contributed by atoms with Crippen LogP contribution < -0.4 is 10.1 Å². The van der Waals surface area contributed by atoms with Crippen LogP contribution in [0.2, 0.25) is 0 Å². The fourth-order valence-electron chi connectivity index (χ4n) is 1.91. The number of alkyl halides is 3. The first kappa shape index (κ1) is 17.2. The molecule has 0 radical (unpaired) electrons. The molecule has 0 saturated carbocycles. The van der Waals surface area contributed by atoms with Crippen LogP contribution in [0.5, 0.6) is 5.75 Å². The largest absolute Gasteiger partial charge is 0.573 e. The van der Waals surface area contributed by atoms with Gasteiger partial charge < -0.3 is 10.1 Å². The lowest BCUT2D eigenvalue weighted by atomic mass is 10.1. The lowest BCUT2D eigenvalue weighted by molar-refractivity contribution is -0.274. The van der Waals surface area contributed by atoms with Crippen molar-refractivity contribution in [1.82, 2.24) is 0 Å². The van der Waals surface area contributed by atoms with Crippen molar-refractivity contribution >= 4 is 23.4 Å². The molecule has 2 aromatic carbocycles. The zero-order valence-electron chi connectivity index (χ0n) is 12.2. The predicted octanol–water partition coefficient (Wildman–Crippen LogP) is 4.70. The van der Waals surface area contributed by atoms with E-state index in [4.69, 9.17) is 0 Å². The van der Waals surface area contributed by atoms with Crippen molar-refractivity contribution in [2.24, 2.45) is 0 Å². The third kappa shape index (κ3) is 5.52. The van der Waals surface area contributed by atoms with E-state index >= 15 is 0 Å². The first-order chi connectivity index (χ1) is 10.9. The molecular weight excluding hydrogens is 327 g/mol. The van der Waals surface area contributed by atoms with Crippen molar-refractivity contribution < 1.29 is 22.7 Å². The Morgan fingerprint density at radius 3 is 2.48 bits per heavy atom. The fourth-order valence-corrected chi connectivity index (χ4v) is 2.43. The Bertz CT molecular complexity index is 672. The molecule has 1 amide bonds. The topological polar surface area (TPSA) is 38.3 Å². The van der Waals surface area contributed by atoms with E-state index < -0.39 is 6.36 Å². The summed E-state index contributed by atoms with van der Waals surface area (Å²) in [6, 6.07) is 12.2. The summed E-state index contributed by atoms with van der Waals surface area (Å²) in [4.78, 5) is 12.2. The third-order valence-electron chi connectivity index (χ3n) is 2.85. The number of amides is 1. The Morgan fingerprint density at radius 2 is 1.87 bits per heavy atom. The summed E-state index contributed by atoms with van der Waals surface area (Å²) in [6.07, 6.45) is -2.76. The number of carbonyl (C=O) groups is 1. The number of rotatable bonds is 5. The van der Waals surface area contributed by atoms with Gasteiger partial charge in [-0.1, -0.05) is 12.1 Å². The minimum Gasteiger partial charge on any atom is -0.406 e. The van der Waals surface area contributed by atoms with Gasteiger partial charge in [-0.2, -0.15) is 11.8 Å². The van der Waals surface area contributed by atoms with Crippen LogP contribution in [-0.2, 0) is 5.75 Å². The second-order valence-corrected chi connectivity index (χ2v) is 5.53. The highest BCUT2D eigenvalue weighted by Gasteiger charge is 2.30. The fraction of sp³-hybridized carbons (Fsp3) is 0.188. The highest BCUT2D eigenvalue weighted by molar-refractivity contribution is 7.97. The lowest BCUT2D eigenvalue weighted by Crippen LogP contribution is -2.17. The molecule has 0 bridgehead atoms. The van der Waals surface area contributed by atoms with Gasteiger partial charge in [0.1, 0.15) is 5.75 Å². The molecule has 0 atom stereocenters. The van der Waals surface area contributed by atoms with E-state index in [1.54, 1.807) is 30.0 Å². The molecule has 3 nitrogen and oxygen atoms in total. The van der Waals surface area contributed by atoms with Gasteiger partial charge in [0.15, 0.2) is 0 Å². The summed E-state index contributed by atoms with van der Waals surface area (Å²) < 4.78 is 40.0. The van der Waals surface area contributed by atoms with Crippen LogP contribution in [0.25, 0.3) is 0 Å². The number of hydrogen-bond acceptors (Lipinski definition) is 3. The molecule has 0 spiro atoms. The molecule has 2 rings (SSSR count). The normalized spacial score (nSPS) is 11.1. The Kier molecular flexibility index (Phi) is 5.54. The summed E-state index contributed by atoms with van der Waals surface area (Å²) in [5, 5.41) is 2.64. The van der Waals surface area contributed by atoms with Gasteiger partial charge in [0, 0.05) is 17.0 Å². The molecule has 122 valence electrons. The molecule has 0 saturated heterocycles. The predicted molar refractivity (Wildman–Crippen MR) is 84.7 cm³/mol. The molecule has 0 fully saturated rings. The maximum atomic E-state index is 12.2. The van der Waals surface area contributed by atoms with Crippen molar-refractivity contribution in [3.63, 3.8) is 0 Å². The first-order valence-electron chi connectivity index (χ1n) is 6.62. The number of benzene rings is 2. The van der Waals surface area contributed by atoms with Crippen molar-refractivity contribution in [2.75, 3.05) is 11.6 Å². The quantitative estimate of drug-likeness (QED) is 0.857. The molecule has 7 heteroatoms. The molecule has 1 N–H and O–H groups in total. The number of anilines is 1. The average molecular weight is 341 g/mol. The third-order valence-corrected chi connectivity index (χ3v) is 3.47. The highest BCUT2D eigenvalue weighted by Crippen LogP contribution is 2.24. The molecule has 0 heterocycles. The molecule has 23 heavy (non-hydrogen) atoms. The number of thioether (sulfide) groups is 1. The van der Waals surface area contributed by atoms with Gasteiger partial charge in [-0.25, -0.2) is 0 Å². The highest BCUT2D eigenvalue weighted by atomic mass is 32.2. The van der Waals surface area contributed by atoms with Crippen LogP contribution in [0.15, 0.2) is 48.5 Å². The lowest BCUT2D eigenvalue weighted by Gasteiger charge is -2.10. The van der Waals surface area contributed by atoms with Gasteiger partial charge in [0.2, 0.25) is 0 Å². The molecule has 0 unspecified atom stereocenters. The van der Waals surface area contributed by atoms with E-state index in [1.807, 2.05) is 12.3 Å². The smallest absolute Gasteiger partial charge is 0.406 e. The maximum Gasteiger partial charge on any atom is 0.573 e. The summed E-state index contributed by atoms with van der Waals surface area (Å²) in [5.41, 5.74) is 1.91. The minimum atomic E-state index is -4.73. The standard InChI is InChI=1S/C16H14F3NO2S/c1-23-10-11-3-2-4-12(9-11)15(21)20-13-5-7-14(8-6-13)22-16(17,18)19/h2-9H,10H2,1H3,(H,20,21). The van der Waals surface area contributed by atoms with Crippen molar-refractivity contribution in [3.8, 4) is 5.75 Å². The van der Waals surface area contributed by atoms with Gasteiger partial charge in [-0.05, 0) is 48.2 Å². The van der Waals surface area contributed by atoms with Gasteiger partial charge in [0.25, 0.3) is 5.91 Å². The number of nitrogens with one attached hydrogen (secondary N) is 1. The molecule has 0 aliphatic carbocycles. The van der Waals surface area contributed by atoms with Gasteiger partial charge >= 0.3 is 6.36 Å². The van der Waals surface area contributed by atoms with E-state index in [0.717, 1.165) is 23.4 Å². The van der Waals surface area contributed by atoms with Crippen LogP contribution in [0, 0.1) is 0 Å². The second kappa shape index (κ2) is 7.41. The number of carbonyl (C=O) groups excluding carboxylic acids is 1. The zero-order valence-corrected chi connectivity index (χ0v) is 13.0. The minimum absolute atomic E-state index is 0.322. The molecule has 0 aliphatic rings. The maximum absolute atomic E-state index is 12.2. The molecule has 0 aromatic heterocycles. The number of ether oxygens (including phenoxy) is 1. The Labute approximate surface area is 135 Å². The van der Waals surface area contributed by atoms with Crippen LogP contribution in [0.1, 0.15) is 15.9 Å². The summed E-state index contributed by atoms with van der Waals surface area (Å²) in [7, 11) is 0. The number of hydrogen-bond donors (Lipinski definition) is 1. The monoisotopic (exact) mass is 341 g/mol. The molecule has 2 aromatic rings. The van der Waals surface area contributed by atoms with Crippen molar-refractivity contribution in [3.05, 3.63) is 59.7 Å². The van der Waals surface area contributed by atoms with E-state index in [9.17, 15) is 18.0 Å². The Hall–Kier alpha value is -2.15. The van der Waals surface area contributed by atoms with Crippen LogP contribution in [0.4, 0.5) is 18.9 Å². The molecule has 0 aliphatic heterocycles. The van der Waals surface area contributed by atoms with Gasteiger partial charge in [0.05, 0.1) is 0 Å². The van der Waals surface area contributed by atoms with Crippen molar-refractivity contribution in [2.45, 2.75) is 12.1 Å². The van der Waals surface area contributed by atoms with E-state index in [2.05, 4.69) is 10.1 Å². The molecular formula is C16H14F3NO2S. The Morgan fingerprint density at radius 1 is 1.17 bits per heavy atom. The zero-order chi connectivity index (χ0) is 16.9.